The molecule has 3 nitrogen and oxygen atoms in total. The molecular weight excluding hydrogens is 392 g/mol. The van der Waals surface area contributed by atoms with Crippen LogP contribution in [-0.4, -0.2) is 48.4 Å². The van der Waals surface area contributed by atoms with Crippen molar-refractivity contribution >= 4 is 16.7 Å². The minimum atomic E-state index is 0.199. The van der Waals surface area contributed by atoms with Gasteiger partial charge >= 0.3 is 0 Å². The summed E-state index contributed by atoms with van der Waals surface area (Å²) in [5, 5.41) is 2.21. The zero-order valence-electron chi connectivity index (χ0n) is 18.8. The molecule has 6 rings (SSSR count). The highest BCUT2D eigenvalue weighted by Crippen LogP contribution is 2.46. The Bertz CT molecular complexity index is 1140. The van der Waals surface area contributed by atoms with E-state index < -0.39 is 0 Å². The molecule has 1 aliphatic carbocycles. The second-order valence-electron chi connectivity index (χ2n) is 10.2. The SMILES string of the molecule is O=C(c1cccc2ccccc12)N1CC[C@H](CN2CCC3(CCc4ccccc43)CC2)C1. The molecular formula is C29H32N2O. The Balaban J connectivity index is 1.08. The molecule has 2 aliphatic heterocycles. The molecule has 2 saturated heterocycles. The average molecular weight is 425 g/mol. The van der Waals surface area contributed by atoms with E-state index in [1.165, 1.54) is 38.8 Å². The minimum absolute atomic E-state index is 0.199. The Morgan fingerprint density at radius 1 is 0.875 bits per heavy atom. The van der Waals surface area contributed by atoms with Crippen LogP contribution in [0.2, 0.25) is 0 Å². The van der Waals surface area contributed by atoms with Crippen molar-refractivity contribution in [2.24, 2.45) is 5.92 Å². The van der Waals surface area contributed by atoms with Crippen LogP contribution >= 0.6 is 0 Å². The second kappa shape index (κ2) is 8.04. The fourth-order valence-corrected chi connectivity index (χ4v) is 6.56. The number of likely N-dealkylation sites (tertiary alicyclic amines) is 2. The van der Waals surface area contributed by atoms with E-state index in [2.05, 4.69) is 52.3 Å². The lowest BCUT2D eigenvalue weighted by molar-refractivity contribution is 0.0781. The van der Waals surface area contributed by atoms with Crippen molar-refractivity contribution in [3.63, 3.8) is 0 Å². The maximum absolute atomic E-state index is 13.3. The number of piperidine rings is 1. The summed E-state index contributed by atoms with van der Waals surface area (Å²) in [7, 11) is 0. The number of fused-ring (bicyclic) bond motifs is 3. The molecule has 2 fully saturated rings. The summed E-state index contributed by atoms with van der Waals surface area (Å²) in [6.45, 7) is 5.31. The molecule has 32 heavy (non-hydrogen) atoms. The van der Waals surface area contributed by atoms with E-state index in [0.29, 0.717) is 11.3 Å². The van der Waals surface area contributed by atoms with Crippen LogP contribution in [0.1, 0.15) is 47.2 Å². The van der Waals surface area contributed by atoms with E-state index in [4.69, 9.17) is 0 Å². The number of nitrogens with zero attached hydrogens (tertiary/aromatic N) is 2. The van der Waals surface area contributed by atoms with Gasteiger partial charge in [0.2, 0.25) is 0 Å². The van der Waals surface area contributed by atoms with E-state index in [0.717, 1.165) is 42.4 Å². The molecule has 0 unspecified atom stereocenters. The summed E-state index contributed by atoms with van der Waals surface area (Å²) in [6.07, 6.45) is 6.28. The van der Waals surface area contributed by atoms with Crippen molar-refractivity contribution in [2.45, 2.75) is 37.5 Å². The number of benzene rings is 3. The first kappa shape index (κ1) is 20.0. The molecule has 164 valence electrons. The van der Waals surface area contributed by atoms with Gasteiger partial charge in [-0.2, -0.15) is 0 Å². The largest absolute Gasteiger partial charge is 0.338 e. The van der Waals surface area contributed by atoms with Gasteiger partial charge in [-0.25, -0.2) is 0 Å². The fraction of sp³-hybridized carbons (Fsp3) is 0.414. The number of carbonyl (C=O) groups is 1. The standard InChI is InChI=1S/C29H32N2O/c32-28(26-10-5-8-23-6-1-3-9-25(23)26)31-17-13-22(21-31)20-30-18-15-29(16-19-30)14-12-24-7-2-4-11-27(24)29/h1-11,22H,12-21H2/t22-/m1/s1. The van der Waals surface area contributed by atoms with E-state index in [1.807, 2.05) is 24.3 Å². The molecule has 3 aromatic carbocycles. The van der Waals surface area contributed by atoms with Gasteiger partial charge in [-0.1, -0.05) is 60.7 Å². The van der Waals surface area contributed by atoms with Crippen LogP contribution in [0, 0.1) is 5.92 Å². The quantitative estimate of drug-likeness (QED) is 0.571. The Hall–Kier alpha value is -2.65. The zero-order chi connectivity index (χ0) is 21.5. The molecule has 3 aliphatic rings. The molecule has 2 heterocycles. The summed E-state index contributed by atoms with van der Waals surface area (Å²) in [4.78, 5) is 18.1. The zero-order valence-corrected chi connectivity index (χ0v) is 18.8. The molecule has 1 amide bonds. The highest BCUT2D eigenvalue weighted by Gasteiger charge is 2.41. The van der Waals surface area contributed by atoms with Gasteiger partial charge in [0, 0.05) is 25.2 Å². The first-order valence-corrected chi connectivity index (χ1v) is 12.3. The minimum Gasteiger partial charge on any atom is -0.338 e. The molecule has 3 heteroatoms. The van der Waals surface area contributed by atoms with Gasteiger partial charge in [-0.15, -0.1) is 0 Å². The third kappa shape index (κ3) is 3.44. The van der Waals surface area contributed by atoms with Gasteiger partial charge in [-0.3, -0.25) is 4.79 Å². The van der Waals surface area contributed by atoms with Gasteiger partial charge in [-0.05, 0) is 84.5 Å². The van der Waals surface area contributed by atoms with Crippen molar-refractivity contribution in [1.82, 2.24) is 9.80 Å². The summed E-state index contributed by atoms with van der Waals surface area (Å²) >= 11 is 0. The highest BCUT2D eigenvalue weighted by atomic mass is 16.2. The van der Waals surface area contributed by atoms with Crippen LogP contribution in [0.25, 0.3) is 10.8 Å². The monoisotopic (exact) mass is 424 g/mol. The van der Waals surface area contributed by atoms with E-state index in [1.54, 1.807) is 11.1 Å². The maximum atomic E-state index is 13.3. The van der Waals surface area contributed by atoms with Crippen molar-refractivity contribution < 1.29 is 4.79 Å². The normalized spacial score (nSPS) is 22.5. The number of hydrogen-bond acceptors (Lipinski definition) is 2. The first-order valence-electron chi connectivity index (χ1n) is 12.3. The number of hydrogen-bond donors (Lipinski definition) is 0. The Kier molecular flexibility index (Phi) is 5.02. The predicted octanol–water partition coefficient (Wildman–Crippen LogP) is 5.28. The van der Waals surface area contributed by atoms with Gasteiger partial charge in [0.1, 0.15) is 0 Å². The van der Waals surface area contributed by atoms with Crippen molar-refractivity contribution in [2.75, 3.05) is 32.7 Å². The number of carbonyl (C=O) groups excluding carboxylic acids is 1. The third-order valence-electron chi connectivity index (χ3n) is 8.38. The first-order chi connectivity index (χ1) is 15.7. The smallest absolute Gasteiger partial charge is 0.254 e. The molecule has 0 bridgehead atoms. The third-order valence-corrected chi connectivity index (χ3v) is 8.38. The molecule has 3 aromatic rings. The molecule has 0 aromatic heterocycles. The lowest BCUT2D eigenvalue weighted by Gasteiger charge is -2.41. The molecule has 0 N–H and O–H groups in total. The van der Waals surface area contributed by atoms with E-state index in [-0.39, 0.29) is 5.91 Å². The van der Waals surface area contributed by atoms with Crippen molar-refractivity contribution in [1.29, 1.82) is 0 Å². The van der Waals surface area contributed by atoms with Gasteiger partial charge in [0.15, 0.2) is 0 Å². The van der Waals surface area contributed by atoms with Crippen LogP contribution in [0.5, 0.6) is 0 Å². The Morgan fingerprint density at radius 3 is 2.56 bits per heavy atom. The Morgan fingerprint density at radius 2 is 1.66 bits per heavy atom. The topological polar surface area (TPSA) is 23.6 Å². The summed E-state index contributed by atoms with van der Waals surface area (Å²) in [5.74, 6) is 0.795. The number of amides is 1. The number of rotatable bonds is 3. The van der Waals surface area contributed by atoms with E-state index >= 15 is 0 Å². The molecule has 0 radical (unpaired) electrons. The van der Waals surface area contributed by atoms with Crippen LogP contribution in [-0.2, 0) is 11.8 Å². The molecule has 1 atom stereocenters. The van der Waals surface area contributed by atoms with Gasteiger partial charge in [0.25, 0.3) is 5.91 Å². The van der Waals surface area contributed by atoms with Gasteiger partial charge in [0.05, 0.1) is 0 Å². The lowest BCUT2D eigenvalue weighted by Crippen LogP contribution is -2.43. The summed E-state index contributed by atoms with van der Waals surface area (Å²) in [5.41, 5.74) is 4.49. The fourth-order valence-electron chi connectivity index (χ4n) is 6.56. The summed E-state index contributed by atoms with van der Waals surface area (Å²) < 4.78 is 0. The second-order valence-corrected chi connectivity index (χ2v) is 10.2. The average Bonchev–Trinajstić information content (AvgIpc) is 3.45. The summed E-state index contributed by atoms with van der Waals surface area (Å²) in [6, 6.07) is 23.4. The lowest BCUT2D eigenvalue weighted by atomic mass is 9.74. The van der Waals surface area contributed by atoms with Crippen molar-refractivity contribution in [3.05, 3.63) is 83.4 Å². The maximum Gasteiger partial charge on any atom is 0.254 e. The van der Waals surface area contributed by atoms with Gasteiger partial charge < -0.3 is 9.80 Å². The highest BCUT2D eigenvalue weighted by molar-refractivity contribution is 6.07. The number of aryl methyl sites for hydroxylation is 1. The van der Waals surface area contributed by atoms with Crippen molar-refractivity contribution in [3.8, 4) is 0 Å². The van der Waals surface area contributed by atoms with Crippen LogP contribution in [0.4, 0.5) is 0 Å². The van der Waals surface area contributed by atoms with Crippen LogP contribution in [0.3, 0.4) is 0 Å². The molecule has 0 saturated carbocycles. The van der Waals surface area contributed by atoms with Crippen LogP contribution in [0.15, 0.2) is 66.7 Å². The van der Waals surface area contributed by atoms with Crippen LogP contribution < -0.4 is 0 Å². The Labute approximate surface area is 191 Å². The molecule has 1 spiro atoms. The van der Waals surface area contributed by atoms with E-state index in [9.17, 15) is 4.79 Å². The predicted molar refractivity (Wildman–Crippen MR) is 130 cm³/mol.